The second-order valence-corrected chi connectivity index (χ2v) is 3.60. The van der Waals surface area contributed by atoms with Crippen LogP contribution in [0, 0.1) is 0 Å². The van der Waals surface area contributed by atoms with Gasteiger partial charge in [0.25, 0.3) is 5.56 Å². The van der Waals surface area contributed by atoms with Crippen LogP contribution in [0.5, 0.6) is 0 Å². The first-order valence-corrected chi connectivity index (χ1v) is 4.42. The van der Waals surface area contributed by atoms with Gasteiger partial charge in [-0.2, -0.15) is 0 Å². The quantitative estimate of drug-likeness (QED) is 0.584. The lowest BCUT2D eigenvalue weighted by molar-refractivity contribution is 0.466. The Balaban J connectivity index is 2.28. The molecule has 0 aromatic carbocycles. The second-order valence-electron chi connectivity index (χ2n) is 3.60. The predicted molar refractivity (Wildman–Crippen MR) is 45.6 cm³/mol. The highest BCUT2D eigenvalue weighted by Gasteiger charge is 2.33. The second kappa shape index (κ2) is 1.94. The molecule has 3 aliphatic heterocycles. The minimum absolute atomic E-state index is 0.0504. The molecule has 0 spiro atoms. The van der Waals surface area contributed by atoms with Crippen molar-refractivity contribution in [1.29, 1.82) is 0 Å². The third-order valence-corrected chi connectivity index (χ3v) is 3.00. The van der Waals surface area contributed by atoms with E-state index >= 15 is 0 Å². The molecule has 0 unspecified atom stereocenters. The van der Waals surface area contributed by atoms with E-state index in [0.29, 0.717) is 5.92 Å². The normalized spacial score (nSPS) is 21.5. The molecule has 1 saturated heterocycles. The van der Waals surface area contributed by atoms with Gasteiger partial charge in [0, 0.05) is 19.0 Å². The molecule has 3 aliphatic rings. The molecule has 0 amide bonds. The Morgan fingerprint density at radius 2 is 2.00 bits per heavy atom. The zero-order valence-corrected chi connectivity index (χ0v) is 6.76. The van der Waals surface area contributed by atoms with Crippen molar-refractivity contribution in [2.75, 3.05) is 18.0 Å². The molecular formula is C8H11N3O. The highest BCUT2D eigenvalue weighted by Crippen LogP contribution is 2.38. The number of H-pyrrole nitrogens is 2. The number of aromatic nitrogens is 2. The first-order valence-electron chi connectivity index (χ1n) is 4.42. The fraction of sp³-hybridized carbons (Fsp3) is 0.625. The van der Waals surface area contributed by atoms with Gasteiger partial charge in [-0.1, -0.05) is 0 Å². The number of nitrogens with zero attached hydrogens (tertiary/aromatic N) is 1. The number of piperidine rings is 1. The Hall–Kier alpha value is -1.19. The smallest absolute Gasteiger partial charge is 0.287 e. The molecule has 4 nitrogen and oxygen atoms in total. The third-order valence-electron chi connectivity index (χ3n) is 3.00. The van der Waals surface area contributed by atoms with Gasteiger partial charge in [0.2, 0.25) is 0 Å². The van der Waals surface area contributed by atoms with Crippen molar-refractivity contribution in [3.63, 3.8) is 0 Å². The largest absolute Gasteiger partial charge is 0.366 e. The van der Waals surface area contributed by atoms with Crippen LogP contribution < -0.4 is 10.5 Å². The summed E-state index contributed by atoms with van der Waals surface area (Å²) >= 11 is 0. The summed E-state index contributed by atoms with van der Waals surface area (Å²) in [6.07, 6.45) is 2.39. The van der Waals surface area contributed by atoms with Gasteiger partial charge in [-0.3, -0.25) is 15.0 Å². The van der Waals surface area contributed by atoms with E-state index in [9.17, 15) is 4.79 Å². The number of aromatic amines is 2. The fourth-order valence-electron chi connectivity index (χ4n) is 2.37. The van der Waals surface area contributed by atoms with Crippen LogP contribution in [0.3, 0.4) is 0 Å². The van der Waals surface area contributed by atoms with Crippen molar-refractivity contribution in [1.82, 2.24) is 10.2 Å². The monoisotopic (exact) mass is 165 g/mol. The van der Waals surface area contributed by atoms with Crippen molar-refractivity contribution in [3.8, 4) is 0 Å². The summed E-state index contributed by atoms with van der Waals surface area (Å²) < 4.78 is 0. The molecule has 2 bridgehead atoms. The van der Waals surface area contributed by atoms with Gasteiger partial charge in [0.15, 0.2) is 0 Å². The van der Waals surface area contributed by atoms with E-state index in [-0.39, 0.29) is 5.56 Å². The molecule has 0 atom stereocenters. The molecule has 1 fully saturated rings. The number of hydrogen-bond donors (Lipinski definition) is 2. The highest BCUT2D eigenvalue weighted by atomic mass is 16.1. The third kappa shape index (κ3) is 0.605. The van der Waals surface area contributed by atoms with Crippen molar-refractivity contribution < 1.29 is 0 Å². The average Bonchev–Trinajstić information content (AvgIpc) is 2.53. The van der Waals surface area contributed by atoms with Crippen LogP contribution in [0.4, 0.5) is 5.69 Å². The lowest BCUT2D eigenvalue weighted by Gasteiger charge is -2.38. The van der Waals surface area contributed by atoms with Gasteiger partial charge in [-0.25, -0.2) is 0 Å². The van der Waals surface area contributed by atoms with Crippen LogP contribution in [-0.4, -0.2) is 23.3 Å². The summed E-state index contributed by atoms with van der Waals surface area (Å²) in [5.41, 5.74) is 2.09. The number of anilines is 1. The van der Waals surface area contributed by atoms with Crippen LogP contribution in [-0.2, 0) is 0 Å². The maximum Gasteiger partial charge on any atom is 0.287 e. The Labute approximate surface area is 69.6 Å². The molecule has 1 aromatic rings. The van der Waals surface area contributed by atoms with Crippen molar-refractivity contribution in [3.05, 3.63) is 16.0 Å². The summed E-state index contributed by atoms with van der Waals surface area (Å²) in [5.74, 6) is 0.601. The van der Waals surface area contributed by atoms with E-state index in [2.05, 4.69) is 15.1 Å². The Kier molecular flexibility index (Phi) is 1.03. The molecule has 0 saturated carbocycles. The van der Waals surface area contributed by atoms with Gasteiger partial charge < -0.3 is 4.90 Å². The fourth-order valence-corrected chi connectivity index (χ4v) is 2.37. The molecule has 64 valence electrons. The molecule has 4 rings (SSSR count). The van der Waals surface area contributed by atoms with Gasteiger partial charge in [-0.15, -0.1) is 0 Å². The molecule has 4 heterocycles. The maximum atomic E-state index is 11.3. The van der Waals surface area contributed by atoms with Gasteiger partial charge in [0.05, 0.1) is 5.69 Å². The summed E-state index contributed by atoms with van der Waals surface area (Å²) in [7, 11) is 0. The number of hydrogen-bond acceptors (Lipinski definition) is 2. The SMILES string of the molecule is O=c1[nH][nH]c2c1N1CCC2CC1. The van der Waals surface area contributed by atoms with Gasteiger partial charge in [-0.05, 0) is 12.8 Å². The van der Waals surface area contributed by atoms with E-state index in [1.54, 1.807) is 0 Å². The minimum atomic E-state index is 0.0504. The number of fused-ring (bicyclic) bond motifs is 2. The van der Waals surface area contributed by atoms with Crippen LogP contribution in [0.25, 0.3) is 0 Å². The van der Waals surface area contributed by atoms with Gasteiger partial charge in [0.1, 0.15) is 5.69 Å². The molecular weight excluding hydrogens is 154 g/mol. The first-order chi connectivity index (χ1) is 5.86. The summed E-state index contributed by atoms with van der Waals surface area (Å²) in [6.45, 7) is 2.11. The number of rotatable bonds is 0. The molecule has 4 heteroatoms. The summed E-state index contributed by atoms with van der Waals surface area (Å²) in [6, 6.07) is 0. The van der Waals surface area contributed by atoms with E-state index < -0.39 is 0 Å². The first kappa shape index (κ1) is 6.34. The average molecular weight is 165 g/mol. The van der Waals surface area contributed by atoms with Crippen molar-refractivity contribution >= 4 is 5.69 Å². The zero-order valence-electron chi connectivity index (χ0n) is 6.76. The Morgan fingerprint density at radius 3 is 2.67 bits per heavy atom. The lowest BCUT2D eigenvalue weighted by atomic mass is 9.88. The topological polar surface area (TPSA) is 51.9 Å². The highest BCUT2D eigenvalue weighted by molar-refractivity contribution is 5.54. The summed E-state index contributed by atoms with van der Waals surface area (Å²) in [4.78, 5) is 13.5. The van der Waals surface area contributed by atoms with E-state index in [1.807, 2.05) is 0 Å². The molecule has 2 N–H and O–H groups in total. The standard InChI is InChI=1S/C8H11N3O/c12-8-7-6(9-10-8)5-1-3-11(7)4-2-5/h5H,1-4H2,(H2,9,10,12). The van der Waals surface area contributed by atoms with Crippen LogP contribution in [0.1, 0.15) is 24.5 Å². The molecule has 12 heavy (non-hydrogen) atoms. The predicted octanol–water partition coefficient (Wildman–Crippen LogP) is 0.400. The Bertz CT molecular complexity index is 357. The minimum Gasteiger partial charge on any atom is -0.366 e. The van der Waals surface area contributed by atoms with E-state index in [1.165, 1.54) is 12.8 Å². The maximum absolute atomic E-state index is 11.3. The van der Waals surface area contributed by atoms with Crippen LogP contribution >= 0.6 is 0 Å². The molecule has 0 radical (unpaired) electrons. The van der Waals surface area contributed by atoms with Crippen LogP contribution in [0.15, 0.2) is 4.79 Å². The van der Waals surface area contributed by atoms with Gasteiger partial charge >= 0.3 is 0 Å². The summed E-state index contributed by atoms with van der Waals surface area (Å²) in [5, 5.41) is 5.64. The van der Waals surface area contributed by atoms with Crippen LogP contribution in [0.2, 0.25) is 0 Å². The molecule has 0 aliphatic carbocycles. The van der Waals surface area contributed by atoms with Crippen molar-refractivity contribution in [2.24, 2.45) is 0 Å². The van der Waals surface area contributed by atoms with E-state index in [0.717, 1.165) is 24.5 Å². The molecule has 1 aromatic heterocycles. The Morgan fingerprint density at radius 1 is 1.25 bits per heavy atom. The number of nitrogens with one attached hydrogen (secondary N) is 2. The van der Waals surface area contributed by atoms with E-state index in [4.69, 9.17) is 0 Å². The van der Waals surface area contributed by atoms with Crippen molar-refractivity contribution in [2.45, 2.75) is 18.8 Å². The zero-order chi connectivity index (χ0) is 8.13. The lowest BCUT2D eigenvalue weighted by Crippen LogP contribution is -2.40.